The number of carbonyl (C=O) groups excluding carboxylic acids is 3. The highest BCUT2D eigenvalue weighted by Crippen LogP contribution is 2.36. The summed E-state index contributed by atoms with van der Waals surface area (Å²) in [5.41, 5.74) is 5.75. The monoisotopic (exact) mass is 534 g/mol. The van der Waals surface area contributed by atoms with Crippen molar-refractivity contribution in [2.24, 2.45) is 0 Å². The van der Waals surface area contributed by atoms with Crippen LogP contribution in [0.3, 0.4) is 0 Å². The number of nitrogens with one attached hydrogen (secondary N) is 1. The molecule has 40 heavy (non-hydrogen) atoms. The second-order valence-corrected chi connectivity index (χ2v) is 9.80. The Balaban J connectivity index is 1.46. The van der Waals surface area contributed by atoms with Crippen LogP contribution in [0, 0.1) is 0 Å². The third-order valence-corrected chi connectivity index (χ3v) is 7.02. The predicted molar refractivity (Wildman–Crippen MR) is 155 cm³/mol. The van der Waals surface area contributed by atoms with Crippen molar-refractivity contribution < 1.29 is 23.9 Å². The summed E-state index contributed by atoms with van der Waals surface area (Å²) < 4.78 is 11.0. The van der Waals surface area contributed by atoms with Gasteiger partial charge in [-0.1, -0.05) is 42.5 Å². The molecule has 4 aromatic rings. The molecule has 1 N–H and O–H groups in total. The summed E-state index contributed by atoms with van der Waals surface area (Å²) in [4.78, 5) is 43.2. The number of benzene rings is 3. The summed E-state index contributed by atoms with van der Waals surface area (Å²) in [6, 6.07) is 21.9. The van der Waals surface area contributed by atoms with Gasteiger partial charge in [0.05, 0.1) is 23.9 Å². The van der Waals surface area contributed by atoms with Gasteiger partial charge in [0.15, 0.2) is 11.9 Å². The Hall–Kier alpha value is -4.78. The molecule has 3 aromatic carbocycles. The molecule has 0 radical (unpaired) electrons. The number of anilines is 1. The number of Topliss-reactive ketones (excluding diaryl/α,β-unsaturated/α-hetero) is 1. The fraction of sp³-hybridized carbons (Fsp3) is 0.212. The number of pyridine rings is 1. The van der Waals surface area contributed by atoms with Crippen LogP contribution in [-0.2, 0) is 16.0 Å². The Labute approximate surface area is 232 Å². The lowest BCUT2D eigenvalue weighted by Crippen LogP contribution is -2.30. The van der Waals surface area contributed by atoms with Crippen LogP contribution in [-0.4, -0.2) is 35.9 Å². The van der Waals surface area contributed by atoms with E-state index in [-0.39, 0.29) is 5.78 Å². The maximum absolute atomic E-state index is 13.7. The lowest BCUT2D eigenvalue weighted by atomic mass is 9.86. The first-order valence-corrected chi connectivity index (χ1v) is 13.2. The van der Waals surface area contributed by atoms with Crippen molar-refractivity contribution in [3.05, 3.63) is 101 Å². The largest absolute Gasteiger partial charge is 0.497 e. The molecule has 202 valence electrons. The van der Waals surface area contributed by atoms with Gasteiger partial charge in [0.2, 0.25) is 0 Å². The summed E-state index contributed by atoms with van der Waals surface area (Å²) in [5, 5.41) is 3.43. The summed E-state index contributed by atoms with van der Waals surface area (Å²) in [5.74, 6) is -0.377. The molecule has 1 amide bonds. The predicted octanol–water partition coefficient (Wildman–Crippen LogP) is 6.51. The zero-order chi connectivity index (χ0) is 28.2. The summed E-state index contributed by atoms with van der Waals surface area (Å²) in [6.45, 7) is 3.00. The van der Waals surface area contributed by atoms with E-state index in [9.17, 15) is 14.4 Å². The molecule has 1 aliphatic carbocycles. The highest BCUT2D eigenvalue weighted by Gasteiger charge is 2.28. The Morgan fingerprint density at radius 2 is 1.75 bits per heavy atom. The molecule has 0 saturated carbocycles. The number of rotatable bonds is 7. The van der Waals surface area contributed by atoms with Gasteiger partial charge >= 0.3 is 5.97 Å². The van der Waals surface area contributed by atoms with Crippen molar-refractivity contribution in [3.63, 3.8) is 0 Å². The van der Waals surface area contributed by atoms with Crippen LogP contribution in [0.1, 0.15) is 64.2 Å². The van der Waals surface area contributed by atoms with Crippen LogP contribution in [0.4, 0.5) is 5.69 Å². The molecule has 7 nitrogen and oxygen atoms in total. The Morgan fingerprint density at radius 1 is 0.975 bits per heavy atom. The number of hydrogen-bond acceptors (Lipinski definition) is 6. The number of esters is 1. The quantitative estimate of drug-likeness (QED) is 0.215. The lowest BCUT2D eigenvalue weighted by Gasteiger charge is -2.23. The molecule has 1 atom stereocenters. The number of hydrogen-bond donors (Lipinski definition) is 1. The van der Waals surface area contributed by atoms with E-state index in [0.717, 1.165) is 41.0 Å². The minimum atomic E-state index is -1.06. The van der Waals surface area contributed by atoms with Crippen LogP contribution in [0.25, 0.3) is 22.6 Å². The van der Waals surface area contributed by atoms with Gasteiger partial charge in [-0.25, -0.2) is 9.78 Å². The van der Waals surface area contributed by atoms with Crippen LogP contribution in [0.5, 0.6) is 5.75 Å². The van der Waals surface area contributed by atoms with Crippen molar-refractivity contribution in [2.75, 3.05) is 12.4 Å². The molecule has 1 aliphatic rings. The van der Waals surface area contributed by atoms with Crippen LogP contribution >= 0.6 is 0 Å². The molecular formula is C33H30N2O5. The summed E-state index contributed by atoms with van der Waals surface area (Å²) in [6.07, 6.45) is 3.40. The molecule has 0 bridgehead atoms. The van der Waals surface area contributed by atoms with Gasteiger partial charge in [0.1, 0.15) is 5.75 Å². The van der Waals surface area contributed by atoms with E-state index >= 15 is 0 Å². The highest BCUT2D eigenvalue weighted by atomic mass is 16.5. The second kappa shape index (κ2) is 11.5. The third-order valence-electron chi connectivity index (χ3n) is 7.02. The molecule has 7 heteroatoms. The smallest absolute Gasteiger partial charge is 0.339 e. The first-order valence-electron chi connectivity index (χ1n) is 13.2. The minimum Gasteiger partial charge on any atom is -0.497 e. The summed E-state index contributed by atoms with van der Waals surface area (Å²) in [7, 11) is 1.64. The van der Waals surface area contributed by atoms with Crippen molar-refractivity contribution in [1.29, 1.82) is 0 Å². The molecule has 1 aromatic heterocycles. The van der Waals surface area contributed by atoms with E-state index in [0.29, 0.717) is 34.1 Å². The number of fused-ring (bicyclic) bond motifs is 2. The van der Waals surface area contributed by atoms with Crippen LogP contribution < -0.4 is 10.1 Å². The zero-order valence-corrected chi connectivity index (χ0v) is 22.7. The van der Waals surface area contributed by atoms with E-state index in [1.54, 1.807) is 31.4 Å². The van der Waals surface area contributed by atoms with Gasteiger partial charge < -0.3 is 14.8 Å². The second-order valence-electron chi connectivity index (χ2n) is 9.80. The van der Waals surface area contributed by atoms with E-state index in [1.165, 1.54) is 13.8 Å². The average molecular weight is 535 g/mol. The van der Waals surface area contributed by atoms with Gasteiger partial charge in [-0.3, -0.25) is 9.59 Å². The van der Waals surface area contributed by atoms with Gasteiger partial charge in [-0.2, -0.15) is 0 Å². The summed E-state index contributed by atoms with van der Waals surface area (Å²) >= 11 is 0. The van der Waals surface area contributed by atoms with Crippen molar-refractivity contribution in [2.45, 2.75) is 39.2 Å². The Bertz CT molecular complexity index is 1640. The van der Waals surface area contributed by atoms with Gasteiger partial charge in [-0.15, -0.1) is 0 Å². The average Bonchev–Trinajstić information content (AvgIpc) is 2.96. The van der Waals surface area contributed by atoms with Crippen LogP contribution in [0.15, 0.2) is 72.8 Å². The SMILES string of the molecule is COc1ccc(/C=C2/CCCc3c2nc2ccccc2c3C(=O)O[C@@H](C)C(=O)Nc2cccc(C(C)=O)c2)cc1. The third kappa shape index (κ3) is 5.64. The number of nitrogens with zero attached hydrogens (tertiary/aromatic N) is 1. The minimum absolute atomic E-state index is 0.106. The van der Waals surface area contributed by atoms with Crippen LogP contribution in [0.2, 0.25) is 0 Å². The first kappa shape index (κ1) is 26.8. The van der Waals surface area contributed by atoms with Crippen molar-refractivity contribution >= 4 is 45.9 Å². The van der Waals surface area contributed by atoms with E-state index in [1.807, 2.05) is 48.5 Å². The van der Waals surface area contributed by atoms with E-state index in [2.05, 4.69) is 11.4 Å². The molecule has 1 heterocycles. The molecular weight excluding hydrogens is 504 g/mol. The number of aromatic nitrogens is 1. The highest BCUT2D eigenvalue weighted by molar-refractivity contribution is 6.08. The standard InChI is InChI=1S/C33H30N2O5/c1-20(36)23-8-6-10-25(19-23)34-32(37)21(2)40-33(38)30-27-11-4-5-13-29(27)35-31-24(9-7-12-28(30)31)18-22-14-16-26(39-3)17-15-22/h4-6,8,10-11,13-19,21H,7,9,12H2,1-3H3,(H,34,37)/b24-18-/t21-/m0/s1. The fourth-order valence-corrected chi connectivity index (χ4v) is 4.94. The van der Waals surface area contributed by atoms with Gasteiger partial charge in [0, 0.05) is 16.6 Å². The number of carbonyl (C=O) groups is 3. The maximum atomic E-state index is 13.7. The van der Waals surface area contributed by atoms with Crippen molar-refractivity contribution in [1.82, 2.24) is 4.98 Å². The number of ether oxygens (including phenoxy) is 2. The van der Waals surface area contributed by atoms with Crippen molar-refractivity contribution in [3.8, 4) is 5.75 Å². The molecule has 0 unspecified atom stereocenters. The number of ketones is 1. The Kier molecular flexibility index (Phi) is 7.73. The zero-order valence-electron chi connectivity index (χ0n) is 22.7. The Morgan fingerprint density at radius 3 is 2.50 bits per heavy atom. The fourth-order valence-electron chi connectivity index (χ4n) is 4.94. The molecule has 0 fully saturated rings. The number of methoxy groups -OCH3 is 1. The van der Waals surface area contributed by atoms with E-state index in [4.69, 9.17) is 14.5 Å². The number of para-hydroxylation sites is 1. The maximum Gasteiger partial charge on any atom is 0.339 e. The first-order chi connectivity index (χ1) is 19.3. The molecule has 5 rings (SSSR count). The molecule has 0 aliphatic heterocycles. The number of allylic oxidation sites excluding steroid dienone is 1. The van der Waals surface area contributed by atoms with Gasteiger partial charge in [0.25, 0.3) is 5.91 Å². The van der Waals surface area contributed by atoms with E-state index < -0.39 is 18.0 Å². The normalized spacial score (nSPS) is 14.3. The number of amides is 1. The topological polar surface area (TPSA) is 94.6 Å². The van der Waals surface area contributed by atoms with Gasteiger partial charge in [-0.05, 0) is 86.2 Å². The molecule has 0 spiro atoms. The molecule has 0 saturated heterocycles. The lowest BCUT2D eigenvalue weighted by molar-refractivity contribution is -0.123.